The molecule has 2 saturated heterocycles. The van der Waals surface area contributed by atoms with Crippen LogP contribution in [0.4, 0.5) is 0 Å². The van der Waals surface area contributed by atoms with Crippen LogP contribution >= 0.6 is 0 Å². The maximum Gasteiger partial charge on any atom is 0.226 e. The van der Waals surface area contributed by atoms with E-state index < -0.39 is 10.0 Å². The second-order valence-electron chi connectivity index (χ2n) is 4.62. The number of hydrogen-bond acceptors (Lipinski definition) is 5. The molecule has 0 bridgehead atoms. The Labute approximate surface area is 103 Å². The molecule has 0 amide bonds. The van der Waals surface area contributed by atoms with Gasteiger partial charge < -0.3 is 10.1 Å². The van der Waals surface area contributed by atoms with Crippen molar-refractivity contribution in [2.75, 3.05) is 38.6 Å². The van der Waals surface area contributed by atoms with Crippen LogP contribution in [0.15, 0.2) is 0 Å². The number of piperidine rings is 1. The van der Waals surface area contributed by atoms with Crippen LogP contribution in [0.2, 0.25) is 0 Å². The molecule has 0 radical (unpaired) electrons. The Balaban J connectivity index is 1.80. The van der Waals surface area contributed by atoms with Gasteiger partial charge in [0.1, 0.15) is 0 Å². The maximum absolute atomic E-state index is 11.9. The van der Waals surface area contributed by atoms with Crippen molar-refractivity contribution in [1.29, 1.82) is 0 Å². The van der Waals surface area contributed by atoms with E-state index in [1.807, 2.05) is 0 Å². The molecule has 2 N–H and O–H groups in total. The highest BCUT2D eigenvalue weighted by Gasteiger charge is 2.23. The molecule has 6 nitrogen and oxygen atoms in total. The zero-order chi connectivity index (χ0) is 12.1. The maximum atomic E-state index is 11.9. The summed E-state index contributed by atoms with van der Waals surface area (Å²) in [5.41, 5.74) is 0. The van der Waals surface area contributed by atoms with Crippen LogP contribution in [-0.2, 0) is 14.8 Å². The Bertz CT molecular complexity index is 296. The molecule has 0 aliphatic carbocycles. The number of hydrogen-bond donors (Lipinski definition) is 2. The first kappa shape index (κ1) is 13.2. The van der Waals surface area contributed by atoms with E-state index >= 15 is 0 Å². The van der Waals surface area contributed by atoms with Crippen molar-refractivity contribution in [1.82, 2.24) is 15.2 Å². The zero-order valence-electron chi connectivity index (χ0n) is 10.0. The fourth-order valence-electron chi connectivity index (χ4n) is 2.22. The molecule has 0 aromatic heterocycles. The number of nitrogens with zero attached hydrogens (tertiary/aromatic N) is 1. The second kappa shape index (κ2) is 6.10. The molecule has 2 rings (SSSR count). The van der Waals surface area contributed by atoms with E-state index in [0.29, 0.717) is 26.3 Å². The number of sulfonamides is 1. The fraction of sp³-hybridized carbons (Fsp3) is 1.00. The van der Waals surface area contributed by atoms with Gasteiger partial charge in [-0.25, -0.2) is 13.4 Å². The van der Waals surface area contributed by atoms with Crippen molar-refractivity contribution in [2.24, 2.45) is 0 Å². The Morgan fingerprint density at radius 2 is 2.06 bits per heavy atom. The average Bonchev–Trinajstić information content (AvgIpc) is 2.30. The minimum Gasteiger partial charge on any atom is -0.379 e. The van der Waals surface area contributed by atoms with Crippen molar-refractivity contribution in [3.8, 4) is 0 Å². The summed E-state index contributed by atoms with van der Waals surface area (Å²) in [6.07, 6.45) is 3.21. The van der Waals surface area contributed by atoms with Gasteiger partial charge in [0.15, 0.2) is 0 Å². The summed E-state index contributed by atoms with van der Waals surface area (Å²) < 4.78 is 29.0. The van der Waals surface area contributed by atoms with E-state index in [4.69, 9.17) is 4.74 Å². The number of morpholine rings is 1. The number of nitrogens with one attached hydrogen (secondary N) is 2. The van der Waals surface area contributed by atoms with Gasteiger partial charge in [0.05, 0.1) is 19.0 Å². The largest absolute Gasteiger partial charge is 0.379 e. The first-order chi connectivity index (χ1) is 8.16. The molecule has 100 valence electrons. The molecule has 0 saturated carbocycles. The van der Waals surface area contributed by atoms with E-state index in [0.717, 1.165) is 25.8 Å². The topological polar surface area (TPSA) is 70.7 Å². The predicted molar refractivity (Wildman–Crippen MR) is 65.0 cm³/mol. The van der Waals surface area contributed by atoms with Gasteiger partial charge in [-0.1, -0.05) is 6.42 Å². The highest BCUT2D eigenvalue weighted by Crippen LogP contribution is 2.09. The number of hydrazine groups is 1. The van der Waals surface area contributed by atoms with Gasteiger partial charge >= 0.3 is 0 Å². The lowest BCUT2D eigenvalue weighted by molar-refractivity contribution is 0.0272. The van der Waals surface area contributed by atoms with E-state index in [9.17, 15) is 8.42 Å². The third-order valence-electron chi connectivity index (χ3n) is 3.11. The summed E-state index contributed by atoms with van der Waals surface area (Å²) in [6, 6.07) is 0.0993. The third kappa shape index (κ3) is 4.51. The van der Waals surface area contributed by atoms with Gasteiger partial charge in [-0.3, -0.25) is 0 Å². The van der Waals surface area contributed by atoms with Crippen molar-refractivity contribution in [3.05, 3.63) is 0 Å². The molecule has 2 heterocycles. The molecular formula is C10H21N3O3S. The van der Waals surface area contributed by atoms with Gasteiger partial charge in [-0.2, -0.15) is 0 Å². The summed E-state index contributed by atoms with van der Waals surface area (Å²) in [5, 5.41) is 4.97. The molecule has 0 aromatic carbocycles. The van der Waals surface area contributed by atoms with Crippen molar-refractivity contribution in [2.45, 2.75) is 25.3 Å². The van der Waals surface area contributed by atoms with E-state index in [-0.39, 0.29) is 11.8 Å². The summed E-state index contributed by atoms with van der Waals surface area (Å²) in [4.78, 5) is 2.63. The first-order valence-electron chi connectivity index (χ1n) is 6.22. The van der Waals surface area contributed by atoms with Gasteiger partial charge in [0.2, 0.25) is 10.0 Å². The highest BCUT2D eigenvalue weighted by molar-refractivity contribution is 7.89. The van der Waals surface area contributed by atoms with Gasteiger partial charge in [-0.05, 0) is 19.4 Å². The molecule has 2 aliphatic rings. The van der Waals surface area contributed by atoms with Crippen molar-refractivity contribution >= 4 is 10.0 Å². The van der Waals surface area contributed by atoms with E-state index in [2.05, 4.69) is 10.1 Å². The lowest BCUT2D eigenvalue weighted by atomic mass is 10.1. The van der Waals surface area contributed by atoms with Crippen molar-refractivity contribution < 1.29 is 13.2 Å². The average molecular weight is 263 g/mol. The molecule has 17 heavy (non-hydrogen) atoms. The summed E-state index contributed by atoms with van der Waals surface area (Å²) in [5.74, 6) is 0.171. The zero-order valence-corrected chi connectivity index (χ0v) is 10.8. The number of ether oxygens (including phenoxy) is 1. The van der Waals surface area contributed by atoms with E-state index in [1.54, 1.807) is 5.01 Å². The third-order valence-corrected chi connectivity index (χ3v) is 4.49. The molecule has 2 fully saturated rings. The Kier molecular flexibility index (Phi) is 4.75. The van der Waals surface area contributed by atoms with Crippen LogP contribution < -0.4 is 10.1 Å². The van der Waals surface area contributed by atoms with Crippen LogP contribution in [0.1, 0.15) is 19.3 Å². The Morgan fingerprint density at radius 1 is 1.29 bits per heavy atom. The second-order valence-corrected chi connectivity index (χ2v) is 6.36. The van der Waals surface area contributed by atoms with Gasteiger partial charge in [0, 0.05) is 19.1 Å². The van der Waals surface area contributed by atoms with Crippen LogP contribution in [0.3, 0.4) is 0 Å². The van der Waals surface area contributed by atoms with Crippen molar-refractivity contribution in [3.63, 3.8) is 0 Å². The monoisotopic (exact) mass is 263 g/mol. The van der Waals surface area contributed by atoms with Crippen LogP contribution in [-0.4, -0.2) is 58.1 Å². The lowest BCUT2D eigenvalue weighted by Gasteiger charge is -2.28. The van der Waals surface area contributed by atoms with Gasteiger partial charge in [0.25, 0.3) is 0 Å². The molecular weight excluding hydrogens is 242 g/mol. The van der Waals surface area contributed by atoms with Gasteiger partial charge in [-0.15, -0.1) is 4.83 Å². The first-order valence-corrected chi connectivity index (χ1v) is 7.87. The summed E-state index contributed by atoms with van der Waals surface area (Å²) in [7, 11) is -3.22. The van der Waals surface area contributed by atoms with Crippen LogP contribution in [0.5, 0.6) is 0 Å². The highest BCUT2D eigenvalue weighted by atomic mass is 32.2. The lowest BCUT2D eigenvalue weighted by Crippen LogP contribution is -2.51. The fourth-order valence-corrected chi connectivity index (χ4v) is 3.68. The molecule has 2 aliphatic heterocycles. The molecule has 0 aromatic rings. The minimum absolute atomic E-state index is 0.0993. The van der Waals surface area contributed by atoms with Crippen LogP contribution in [0.25, 0.3) is 0 Å². The minimum atomic E-state index is -3.22. The normalized spacial score (nSPS) is 28.1. The molecule has 0 spiro atoms. The number of rotatable bonds is 4. The Morgan fingerprint density at radius 3 is 2.71 bits per heavy atom. The molecule has 7 heteroatoms. The summed E-state index contributed by atoms with van der Waals surface area (Å²) >= 11 is 0. The molecule has 1 atom stereocenters. The Hall–Kier alpha value is -0.210. The standard InChI is InChI=1S/C10H21N3O3S/c14-17(15,9-10-3-1-2-4-11-10)12-13-5-7-16-8-6-13/h10-12H,1-9H2. The predicted octanol–water partition coefficient (Wildman–Crippen LogP) is -0.705. The van der Waals surface area contributed by atoms with E-state index in [1.165, 1.54) is 0 Å². The van der Waals surface area contributed by atoms with Crippen LogP contribution in [0, 0.1) is 0 Å². The quantitative estimate of drug-likeness (QED) is 0.701. The smallest absolute Gasteiger partial charge is 0.226 e. The summed E-state index contributed by atoms with van der Waals surface area (Å²) in [6.45, 7) is 3.35. The SMILES string of the molecule is O=S(=O)(CC1CCCCN1)NN1CCOCC1. The molecule has 1 unspecified atom stereocenters.